The molecule has 0 spiro atoms. The zero-order valence-corrected chi connectivity index (χ0v) is 17.7. The maximum Gasteiger partial charge on any atom is 0.326 e. The van der Waals surface area contributed by atoms with E-state index in [9.17, 15) is 29.1 Å². The van der Waals surface area contributed by atoms with Crippen LogP contribution in [-0.2, 0) is 30.4 Å². The van der Waals surface area contributed by atoms with Crippen LogP contribution < -0.4 is 22.1 Å². The molecule has 0 aliphatic rings. The molecule has 1 aromatic carbocycles. The van der Waals surface area contributed by atoms with Crippen LogP contribution in [-0.4, -0.2) is 63.0 Å². The summed E-state index contributed by atoms with van der Waals surface area (Å²) in [5.41, 5.74) is 12.8. The quantitative estimate of drug-likeness (QED) is 0.200. The molecule has 3 atom stereocenters. The first kappa shape index (κ1) is 25.3. The van der Waals surface area contributed by atoms with Gasteiger partial charge in [-0.1, -0.05) is 18.2 Å². The Kier molecular flexibility index (Phi) is 8.92. The summed E-state index contributed by atoms with van der Waals surface area (Å²) in [7, 11) is 0. The van der Waals surface area contributed by atoms with Crippen molar-refractivity contribution in [3.8, 4) is 0 Å². The molecular weight excluding hydrogens is 434 g/mol. The monoisotopic (exact) mass is 461 g/mol. The highest BCUT2D eigenvalue weighted by molar-refractivity contribution is 5.93. The number of aromatic amines is 1. The Bertz CT molecular complexity index is 1030. The standard InChI is InChI=1S/C21H27N5O7/c22-13(9-11-10-24-14-4-2-1-3-12(11)14)19(30)25-15(5-7-17(23)27)20(31)26-16(21(32)33)6-8-18(28)29/h1-4,10,13,15-16,24H,5-9,22H2,(H2,23,27)(H,25,30)(H,26,31)(H,28,29)(H,32,33)/t13-,15-,16-/m0/s1. The molecular formula is C21H27N5O7. The number of H-pyrrole nitrogens is 1. The molecule has 12 heteroatoms. The molecule has 0 fully saturated rings. The number of carbonyl (C=O) groups is 5. The van der Waals surface area contributed by atoms with Crippen LogP contribution in [0.3, 0.4) is 0 Å². The average molecular weight is 461 g/mol. The minimum atomic E-state index is -1.48. The Morgan fingerprint density at radius 3 is 2.21 bits per heavy atom. The fourth-order valence-electron chi connectivity index (χ4n) is 3.26. The molecule has 0 saturated heterocycles. The van der Waals surface area contributed by atoms with Gasteiger partial charge in [0.05, 0.1) is 6.04 Å². The van der Waals surface area contributed by atoms with E-state index < -0.39 is 54.2 Å². The van der Waals surface area contributed by atoms with E-state index in [-0.39, 0.29) is 25.7 Å². The molecule has 0 bridgehead atoms. The number of carboxylic acids is 2. The second-order valence-corrected chi connectivity index (χ2v) is 7.57. The predicted molar refractivity (Wildman–Crippen MR) is 117 cm³/mol. The lowest BCUT2D eigenvalue weighted by Crippen LogP contribution is -2.55. The highest BCUT2D eigenvalue weighted by Gasteiger charge is 2.28. The topological polar surface area (TPSA) is 218 Å². The van der Waals surface area contributed by atoms with Gasteiger partial charge in [0.25, 0.3) is 0 Å². The summed E-state index contributed by atoms with van der Waals surface area (Å²) in [6, 6.07) is 3.65. The van der Waals surface area contributed by atoms with Crippen molar-refractivity contribution in [2.24, 2.45) is 11.5 Å². The number of primary amides is 1. The van der Waals surface area contributed by atoms with Gasteiger partial charge in [-0.2, -0.15) is 0 Å². The van der Waals surface area contributed by atoms with Gasteiger partial charge in [0, 0.05) is 29.9 Å². The number of nitrogens with two attached hydrogens (primary N) is 2. The molecule has 0 aliphatic heterocycles. The van der Waals surface area contributed by atoms with Crippen molar-refractivity contribution in [1.29, 1.82) is 0 Å². The lowest BCUT2D eigenvalue weighted by molar-refractivity contribution is -0.143. The van der Waals surface area contributed by atoms with Gasteiger partial charge in [0.15, 0.2) is 0 Å². The molecule has 0 radical (unpaired) electrons. The third kappa shape index (κ3) is 7.61. The Morgan fingerprint density at radius 1 is 0.939 bits per heavy atom. The second kappa shape index (κ2) is 11.6. The number of hydrogen-bond acceptors (Lipinski definition) is 6. The first-order valence-corrected chi connectivity index (χ1v) is 10.2. The van der Waals surface area contributed by atoms with E-state index in [1.807, 2.05) is 24.3 Å². The van der Waals surface area contributed by atoms with Gasteiger partial charge < -0.3 is 37.3 Å². The molecule has 178 valence electrons. The van der Waals surface area contributed by atoms with Crippen LogP contribution in [0.1, 0.15) is 31.2 Å². The number of carboxylic acid groups (broad SMARTS) is 2. The maximum atomic E-state index is 12.7. The highest BCUT2D eigenvalue weighted by Crippen LogP contribution is 2.18. The van der Waals surface area contributed by atoms with E-state index in [1.165, 1.54) is 0 Å². The van der Waals surface area contributed by atoms with Crippen molar-refractivity contribution < 1.29 is 34.2 Å². The van der Waals surface area contributed by atoms with Crippen molar-refractivity contribution in [3.05, 3.63) is 36.0 Å². The summed E-state index contributed by atoms with van der Waals surface area (Å²) in [5.74, 6) is -4.94. The van der Waals surface area contributed by atoms with Crippen molar-refractivity contribution >= 4 is 40.6 Å². The van der Waals surface area contributed by atoms with Crippen LogP contribution >= 0.6 is 0 Å². The number of benzene rings is 1. The molecule has 1 heterocycles. The van der Waals surface area contributed by atoms with E-state index >= 15 is 0 Å². The fourth-order valence-corrected chi connectivity index (χ4v) is 3.26. The van der Waals surface area contributed by atoms with E-state index in [0.29, 0.717) is 0 Å². The summed E-state index contributed by atoms with van der Waals surface area (Å²) in [5, 5.41) is 23.5. The van der Waals surface area contributed by atoms with Gasteiger partial charge in [0.1, 0.15) is 12.1 Å². The van der Waals surface area contributed by atoms with E-state index in [0.717, 1.165) is 16.5 Å². The lowest BCUT2D eigenvalue weighted by atomic mass is 10.0. The number of rotatable bonds is 13. The second-order valence-electron chi connectivity index (χ2n) is 7.57. The van der Waals surface area contributed by atoms with Crippen molar-refractivity contribution in [2.75, 3.05) is 0 Å². The molecule has 0 saturated carbocycles. The van der Waals surface area contributed by atoms with Crippen molar-refractivity contribution in [3.63, 3.8) is 0 Å². The summed E-state index contributed by atoms with van der Waals surface area (Å²) < 4.78 is 0. The number of aliphatic carboxylic acids is 2. The fraction of sp³-hybridized carbons (Fsp3) is 0.381. The number of amides is 3. The molecule has 2 aromatic rings. The van der Waals surface area contributed by atoms with Crippen LogP contribution in [0, 0.1) is 0 Å². The Hall–Kier alpha value is -3.93. The van der Waals surface area contributed by atoms with Crippen LogP contribution in [0.2, 0.25) is 0 Å². The minimum absolute atomic E-state index is 0.163. The van der Waals surface area contributed by atoms with Crippen LogP contribution in [0.25, 0.3) is 10.9 Å². The lowest BCUT2D eigenvalue weighted by Gasteiger charge is -2.22. The van der Waals surface area contributed by atoms with Gasteiger partial charge in [0.2, 0.25) is 17.7 Å². The smallest absolute Gasteiger partial charge is 0.326 e. The number of nitrogens with one attached hydrogen (secondary N) is 3. The third-order valence-electron chi connectivity index (χ3n) is 5.03. The first-order valence-electron chi connectivity index (χ1n) is 10.2. The Morgan fingerprint density at radius 2 is 1.58 bits per heavy atom. The number of para-hydroxylation sites is 1. The van der Waals surface area contributed by atoms with Crippen LogP contribution in [0.15, 0.2) is 30.5 Å². The van der Waals surface area contributed by atoms with Gasteiger partial charge in [-0.3, -0.25) is 19.2 Å². The zero-order chi connectivity index (χ0) is 24.5. The van der Waals surface area contributed by atoms with Crippen LogP contribution in [0.5, 0.6) is 0 Å². The van der Waals surface area contributed by atoms with Crippen molar-refractivity contribution in [2.45, 2.75) is 50.2 Å². The summed E-state index contributed by atoms with van der Waals surface area (Å²) in [4.78, 5) is 61.6. The third-order valence-corrected chi connectivity index (χ3v) is 5.03. The van der Waals surface area contributed by atoms with Gasteiger partial charge in [-0.15, -0.1) is 0 Å². The Balaban J connectivity index is 2.07. The molecule has 9 N–H and O–H groups in total. The number of aromatic nitrogens is 1. The first-order chi connectivity index (χ1) is 15.6. The van der Waals surface area contributed by atoms with Crippen molar-refractivity contribution in [1.82, 2.24) is 15.6 Å². The summed E-state index contributed by atoms with van der Waals surface area (Å²) in [6.45, 7) is 0. The van der Waals surface area contributed by atoms with Gasteiger partial charge in [-0.25, -0.2) is 4.79 Å². The number of hydrogen-bond donors (Lipinski definition) is 7. The predicted octanol–water partition coefficient (Wildman–Crippen LogP) is -0.778. The molecule has 0 unspecified atom stereocenters. The van der Waals surface area contributed by atoms with Crippen LogP contribution in [0.4, 0.5) is 0 Å². The molecule has 12 nitrogen and oxygen atoms in total. The minimum Gasteiger partial charge on any atom is -0.481 e. The van der Waals surface area contributed by atoms with E-state index in [1.54, 1.807) is 6.20 Å². The summed E-state index contributed by atoms with van der Waals surface area (Å²) >= 11 is 0. The SMILES string of the molecule is NC(=O)CC[C@H](NC(=O)[C@@H](N)Cc1c[nH]c2ccccc12)C(=O)N[C@@H](CCC(=O)O)C(=O)O. The molecule has 1 aromatic heterocycles. The van der Waals surface area contributed by atoms with E-state index in [4.69, 9.17) is 16.6 Å². The largest absolute Gasteiger partial charge is 0.481 e. The zero-order valence-electron chi connectivity index (χ0n) is 17.7. The molecule has 33 heavy (non-hydrogen) atoms. The average Bonchev–Trinajstić information content (AvgIpc) is 3.16. The maximum absolute atomic E-state index is 12.7. The Labute approximate surface area is 188 Å². The molecule has 3 amide bonds. The highest BCUT2D eigenvalue weighted by atomic mass is 16.4. The van der Waals surface area contributed by atoms with E-state index in [2.05, 4.69) is 15.6 Å². The van der Waals surface area contributed by atoms with Gasteiger partial charge >= 0.3 is 11.9 Å². The number of fused-ring (bicyclic) bond motifs is 1. The van der Waals surface area contributed by atoms with Gasteiger partial charge in [-0.05, 0) is 30.9 Å². The normalized spacial score (nSPS) is 13.6. The molecule has 2 rings (SSSR count). The molecule has 0 aliphatic carbocycles. The summed E-state index contributed by atoms with van der Waals surface area (Å²) in [6.07, 6.45) is 0.629. The number of carbonyl (C=O) groups excluding carboxylic acids is 3.